The third-order valence-electron chi connectivity index (χ3n) is 3.96. The van der Waals surface area contributed by atoms with Crippen LogP contribution in [0.1, 0.15) is 32.3 Å². The summed E-state index contributed by atoms with van der Waals surface area (Å²) in [6, 6.07) is 8.32. The van der Waals surface area contributed by atoms with Crippen LogP contribution in [0.25, 0.3) is 0 Å². The average molecular weight is 394 g/mol. The van der Waals surface area contributed by atoms with E-state index in [1.165, 1.54) is 17.8 Å². The molecule has 0 spiro atoms. The lowest BCUT2D eigenvalue weighted by Crippen LogP contribution is -2.30. The summed E-state index contributed by atoms with van der Waals surface area (Å²) in [5, 5.41) is 10.3. The Hall–Kier alpha value is -2.40. The SMILES string of the molecule is CSC1=NC(C)=C(C(=O)OC(C)C)C(c2ccccc2OC(F)F)C1C#N. The van der Waals surface area contributed by atoms with Gasteiger partial charge in [-0.25, -0.2) is 9.79 Å². The van der Waals surface area contributed by atoms with Gasteiger partial charge in [0.15, 0.2) is 0 Å². The van der Waals surface area contributed by atoms with Crippen LogP contribution in [0.5, 0.6) is 5.75 Å². The standard InChI is InChI=1S/C19H20F2N2O3S/c1-10(2)25-18(24)15-11(3)23-17(27-4)13(9-22)16(15)12-7-5-6-8-14(12)26-19(20)21/h5-8,10,13,16,19H,1-4H3. The molecule has 0 aliphatic carbocycles. The van der Waals surface area contributed by atoms with Crippen LogP contribution in [-0.2, 0) is 9.53 Å². The largest absolute Gasteiger partial charge is 0.460 e. The zero-order valence-corrected chi connectivity index (χ0v) is 16.2. The minimum absolute atomic E-state index is 0.0808. The van der Waals surface area contributed by atoms with Gasteiger partial charge in [-0.15, -0.1) is 11.8 Å². The molecule has 1 aliphatic heterocycles. The Kier molecular flexibility index (Phi) is 6.97. The lowest BCUT2D eigenvalue weighted by atomic mass is 9.78. The van der Waals surface area contributed by atoms with Crippen LogP contribution >= 0.6 is 11.8 Å². The minimum atomic E-state index is -3.03. The van der Waals surface area contributed by atoms with Crippen molar-refractivity contribution >= 4 is 22.8 Å². The Labute approximate surface area is 161 Å². The van der Waals surface area contributed by atoms with Crippen molar-refractivity contribution in [2.24, 2.45) is 10.9 Å². The molecule has 0 aromatic heterocycles. The van der Waals surface area contributed by atoms with E-state index in [9.17, 15) is 18.8 Å². The maximum absolute atomic E-state index is 12.9. The molecule has 1 aromatic rings. The summed E-state index contributed by atoms with van der Waals surface area (Å²) in [5.41, 5.74) is 0.896. The predicted molar refractivity (Wildman–Crippen MR) is 99.8 cm³/mol. The predicted octanol–water partition coefficient (Wildman–Crippen LogP) is 4.51. The average Bonchev–Trinajstić information content (AvgIpc) is 2.59. The van der Waals surface area contributed by atoms with Gasteiger partial charge in [-0.1, -0.05) is 18.2 Å². The van der Waals surface area contributed by atoms with E-state index in [0.717, 1.165) is 0 Å². The number of thioether (sulfide) groups is 1. The molecule has 27 heavy (non-hydrogen) atoms. The molecule has 2 rings (SSSR count). The van der Waals surface area contributed by atoms with Gasteiger partial charge in [0, 0.05) is 17.2 Å². The van der Waals surface area contributed by atoms with Gasteiger partial charge in [-0.2, -0.15) is 14.0 Å². The summed E-state index contributed by atoms with van der Waals surface area (Å²) in [5.74, 6) is -2.34. The molecular weight excluding hydrogens is 374 g/mol. The van der Waals surface area contributed by atoms with Crippen LogP contribution in [0.15, 0.2) is 40.5 Å². The van der Waals surface area contributed by atoms with Gasteiger partial charge < -0.3 is 9.47 Å². The highest BCUT2D eigenvalue weighted by molar-refractivity contribution is 8.13. The van der Waals surface area contributed by atoms with Gasteiger partial charge in [-0.05, 0) is 33.1 Å². The third kappa shape index (κ3) is 4.66. The minimum Gasteiger partial charge on any atom is -0.460 e. The molecule has 144 valence electrons. The van der Waals surface area contributed by atoms with Crippen molar-refractivity contribution in [1.82, 2.24) is 0 Å². The number of rotatable bonds is 5. The Morgan fingerprint density at radius 1 is 1.33 bits per heavy atom. The van der Waals surface area contributed by atoms with E-state index in [1.807, 2.05) is 0 Å². The Bertz CT molecular complexity index is 815. The number of nitrogens with zero attached hydrogens (tertiary/aromatic N) is 2. The quantitative estimate of drug-likeness (QED) is 0.687. The van der Waals surface area contributed by atoms with E-state index in [1.54, 1.807) is 45.2 Å². The first-order valence-corrected chi connectivity index (χ1v) is 9.50. The van der Waals surface area contributed by atoms with Gasteiger partial charge in [0.1, 0.15) is 11.7 Å². The number of nitriles is 1. The summed E-state index contributed by atoms with van der Waals surface area (Å²) in [6.45, 7) is 2.03. The lowest BCUT2D eigenvalue weighted by molar-refractivity contribution is -0.143. The summed E-state index contributed by atoms with van der Waals surface area (Å²) in [6.07, 6.45) is 1.39. The second kappa shape index (κ2) is 9.00. The highest BCUT2D eigenvalue weighted by Crippen LogP contribution is 2.44. The first-order valence-electron chi connectivity index (χ1n) is 8.27. The molecule has 0 radical (unpaired) electrons. The first-order chi connectivity index (χ1) is 12.8. The maximum Gasteiger partial charge on any atom is 0.387 e. The van der Waals surface area contributed by atoms with Crippen molar-refractivity contribution < 1.29 is 23.0 Å². The van der Waals surface area contributed by atoms with Crippen LogP contribution in [0.4, 0.5) is 8.78 Å². The molecule has 2 atom stereocenters. The number of benzene rings is 1. The van der Waals surface area contributed by atoms with Crippen molar-refractivity contribution in [3.8, 4) is 11.8 Å². The second-order valence-corrected chi connectivity index (χ2v) is 6.93. The number of ether oxygens (including phenoxy) is 2. The van der Waals surface area contributed by atoms with Crippen LogP contribution in [-0.4, -0.2) is 30.0 Å². The van der Waals surface area contributed by atoms with Gasteiger partial charge >= 0.3 is 12.6 Å². The van der Waals surface area contributed by atoms with E-state index in [-0.39, 0.29) is 17.4 Å². The fourth-order valence-electron chi connectivity index (χ4n) is 2.96. The van der Waals surface area contributed by atoms with Crippen molar-refractivity contribution in [2.45, 2.75) is 39.4 Å². The van der Waals surface area contributed by atoms with E-state index >= 15 is 0 Å². The zero-order valence-electron chi connectivity index (χ0n) is 15.4. The fourth-order valence-corrected chi connectivity index (χ4v) is 3.63. The lowest BCUT2D eigenvalue weighted by Gasteiger charge is -2.30. The van der Waals surface area contributed by atoms with Crippen molar-refractivity contribution in [3.05, 3.63) is 41.1 Å². The third-order valence-corrected chi connectivity index (χ3v) is 4.72. The molecule has 2 unspecified atom stereocenters. The molecule has 0 amide bonds. The zero-order chi connectivity index (χ0) is 20.1. The Morgan fingerprint density at radius 2 is 2.00 bits per heavy atom. The second-order valence-electron chi connectivity index (χ2n) is 6.11. The highest BCUT2D eigenvalue weighted by atomic mass is 32.2. The molecule has 0 N–H and O–H groups in total. The van der Waals surface area contributed by atoms with Crippen LogP contribution < -0.4 is 4.74 Å². The monoisotopic (exact) mass is 394 g/mol. The van der Waals surface area contributed by atoms with Gasteiger partial charge in [0.2, 0.25) is 0 Å². The molecule has 8 heteroatoms. The Balaban J connectivity index is 2.67. The molecule has 5 nitrogen and oxygen atoms in total. The molecule has 1 aliphatic rings. The fraction of sp³-hybridized carbons (Fsp3) is 0.421. The molecular formula is C19H20F2N2O3S. The molecule has 0 saturated heterocycles. The summed E-state index contributed by atoms with van der Waals surface area (Å²) in [4.78, 5) is 17.1. The van der Waals surface area contributed by atoms with Gasteiger partial charge in [0.25, 0.3) is 0 Å². The summed E-state index contributed by atoms with van der Waals surface area (Å²) < 4.78 is 35.7. The highest BCUT2D eigenvalue weighted by Gasteiger charge is 2.40. The Morgan fingerprint density at radius 3 is 2.56 bits per heavy atom. The van der Waals surface area contributed by atoms with E-state index < -0.39 is 24.4 Å². The number of esters is 1. The number of alkyl halides is 2. The number of carbonyl (C=O) groups excluding carboxylic acids is 1. The van der Waals surface area contributed by atoms with E-state index in [0.29, 0.717) is 16.3 Å². The number of allylic oxidation sites excluding steroid dienone is 1. The van der Waals surface area contributed by atoms with Crippen LogP contribution in [0, 0.1) is 17.2 Å². The van der Waals surface area contributed by atoms with Crippen molar-refractivity contribution in [3.63, 3.8) is 0 Å². The molecule has 0 fully saturated rings. The van der Waals surface area contributed by atoms with Crippen LogP contribution in [0.2, 0.25) is 0 Å². The molecule has 1 aromatic carbocycles. The number of carbonyl (C=O) groups is 1. The maximum atomic E-state index is 12.9. The number of hydrogen-bond acceptors (Lipinski definition) is 6. The number of halogens is 2. The molecule has 0 bridgehead atoms. The van der Waals surface area contributed by atoms with Crippen LogP contribution in [0.3, 0.4) is 0 Å². The van der Waals surface area contributed by atoms with Crippen molar-refractivity contribution in [1.29, 1.82) is 5.26 Å². The first kappa shape index (κ1) is 20.9. The summed E-state index contributed by atoms with van der Waals surface area (Å²) in [7, 11) is 0. The topological polar surface area (TPSA) is 71.7 Å². The number of aliphatic imine (C=N–C) groups is 1. The summed E-state index contributed by atoms with van der Waals surface area (Å²) >= 11 is 1.28. The van der Waals surface area contributed by atoms with E-state index in [2.05, 4.69) is 15.8 Å². The molecule has 1 heterocycles. The number of hydrogen-bond donors (Lipinski definition) is 0. The van der Waals surface area contributed by atoms with Gasteiger partial charge in [-0.3, -0.25) is 0 Å². The van der Waals surface area contributed by atoms with Gasteiger partial charge in [0.05, 0.1) is 22.8 Å². The van der Waals surface area contributed by atoms with Crippen molar-refractivity contribution in [2.75, 3.05) is 6.26 Å². The normalized spacial score (nSPS) is 19.7. The molecule has 0 saturated carbocycles. The smallest absolute Gasteiger partial charge is 0.387 e. The number of para-hydroxylation sites is 1. The van der Waals surface area contributed by atoms with E-state index in [4.69, 9.17) is 4.74 Å².